The first kappa shape index (κ1) is 16.6. The highest BCUT2D eigenvalue weighted by Crippen LogP contribution is 2.13. The molecule has 2 rings (SSSR count). The maximum Gasteiger partial charge on any atom is 0.369 e. The Morgan fingerprint density at radius 3 is 2.77 bits per heavy atom. The van der Waals surface area contributed by atoms with Crippen LogP contribution >= 0.6 is 11.3 Å². The lowest BCUT2D eigenvalue weighted by molar-refractivity contribution is 0.0525. The first-order valence-corrected chi connectivity index (χ1v) is 8.22. The minimum atomic E-state index is -0.391. The smallest absolute Gasteiger partial charge is 0.369 e. The number of unbranched alkanes of at least 4 members (excludes halogenated alkanes) is 1. The van der Waals surface area contributed by atoms with Crippen molar-refractivity contribution in [1.82, 2.24) is 10.2 Å². The molecular formula is C16H20N2O3S. The van der Waals surface area contributed by atoms with Crippen LogP contribution in [0.3, 0.4) is 0 Å². The summed E-state index contributed by atoms with van der Waals surface area (Å²) in [7, 11) is 0. The molecule has 0 aliphatic rings. The molecule has 0 N–H and O–H groups in total. The summed E-state index contributed by atoms with van der Waals surface area (Å²) < 4.78 is 10.5. The topological polar surface area (TPSA) is 61.3 Å². The average Bonchev–Trinajstić information content (AvgIpc) is 3.01. The molecule has 0 aliphatic heterocycles. The van der Waals surface area contributed by atoms with E-state index in [1.165, 1.54) is 16.9 Å². The summed E-state index contributed by atoms with van der Waals surface area (Å²) in [6.07, 6.45) is 2.74. The summed E-state index contributed by atoms with van der Waals surface area (Å²) in [6, 6.07) is 10.1. The van der Waals surface area contributed by atoms with Gasteiger partial charge in [0.2, 0.25) is 5.01 Å². The molecule has 1 aromatic carbocycles. The third-order valence-corrected chi connectivity index (χ3v) is 3.92. The lowest BCUT2D eigenvalue weighted by Crippen LogP contribution is -2.03. The van der Waals surface area contributed by atoms with Crippen molar-refractivity contribution >= 4 is 17.3 Å². The van der Waals surface area contributed by atoms with Crippen LogP contribution in [0.5, 0.6) is 0 Å². The van der Waals surface area contributed by atoms with E-state index in [1.807, 2.05) is 18.2 Å². The van der Waals surface area contributed by atoms with Gasteiger partial charge in [0, 0.05) is 13.0 Å². The standard InChI is InChI=1S/C16H20N2O3S/c1-2-21-16(19)15-18-17-14(22-15)10-6-7-11-20-12-13-8-4-3-5-9-13/h3-5,8-9H,2,6-7,10-12H2,1H3. The third-order valence-electron chi connectivity index (χ3n) is 2.96. The lowest BCUT2D eigenvalue weighted by Gasteiger charge is -2.03. The summed E-state index contributed by atoms with van der Waals surface area (Å²) in [5, 5.41) is 9.06. The minimum absolute atomic E-state index is 0.331. The number of esters is 1. The molecule has 5 nitrogen and oxygen atoms in total. The molecule has 0 spiro atoms. The van der Waals surface area contributed by atoms with Gasteiger partial charge in [-0.1, -0.05) is 41.7 Å². The molecule has 0 bridgehead atoms. The molecule has 1 heterocycles. The summed E-state index contributed by atoms with van der Waals surface area (Å²) in [6.45, 7) is 3.49. The highest BCUT2D eigenvalue weighted by atomic mass is 32.1. The second-order valence-corrected chi connectivity index (χ2v) is 5.78. The number of rotatable bonds is 9. The number of aromatic nitrogens is 2. The van der Waals surface area contributed by atoms with Crippen molar-refractivity contribution in [1.29, 1.82) is 0 Å². The van der Waals surface area contributed by atoms with E-state index in [0.717, 1.165) is 30.9 Å². The summed E-state index contributed by atoms with van der Waals surface area (Å²) in [5.41, 5.74) is 1.19. The van der Waals surface area contributed by atoms with Crippen LogP contribution in [0.1, 0.15) is 40.1 Å². The van der Waals surface area contributed by atoms with E-state index in [4.69, 9.17) is 9.47 Å². The van der Waals surface area contributed by atoms with E-state index in [-0.39, 0.29) is 0 Å². The van der Waals surface area contributed by atoms with Gasteiger partial charge in [-0.15, -0.1) is 10.2 Å². The van der Waals surface area contributed by atoms with E-state index in [0.29, 0.717) is 18.2 Å². The van der Waals surface area contributed by atoms with Crippen LogP contribution in [0.25, 0.3) is 0 Å². The molecule has 0 amide bonds. The number of hydrogen-bond acceptors (Lipinski definition) is 6. The first-order valence-electron chi connectivity index (χ1n) is 7.40. The maximum absolute atomic E-state index is 11.5. The molecule has 0 atom stereocenters. The Hall–Kier alpha value is -1.79. The Balaban J connectivity index is 1.60. The minimum Gasteiger partial charge on any atom is -0.461 e. The van der Waals surface area contributed by atoms with Crippen molar-refractivity contribution in [2.45, 2.75) is 32.8 Å². The Morgan fingerprint density at radius 1 is 1.18 bits per heavy atom. The SMILES string of the molecule is CCOC(=O)c1nnc(CCCCOCc2ccccc2)s1. The summed E-state index contributed by atoms with van der Waals surface area (Å²) >= 11 is 1.30. The van der Waals surface area contributed by atoms with Crippen LogP contribution in [0.2, 0.25) is 0 Å². The van der Waals surface area contributed by atoms with Crippen LogP contribution in [0, 0.1) is 0 Å². The normalized spacial score (nSPS) is 10.6. The van der Waals surface area contributed by atoms with Crippen LogP contribution in [0.4, 0.5) is 0 Å². The number of carbonyl (C=O) groups is 1. The van der Waals surface area contributed by atoms with Gasteiger partial charge in [-0.05, 0) is 25.3 Å². The Kier molecular flexibility index (Phi) is 6.99. The van der Waals surface area contributed by atoms with Crippen LogP contribution in [-0.2, 0) is 22.5 Å². The zero-order chi connectivity index (χ0) is 15.6. The van der Waals surface area contributed by atoms with Gasteiger partial charge in [-0.2, -0.15) is 0 Å². The van der Waals surface area contributed by atoms with Gasteiger partial charge in [0.15, 0.2) is 0 Å². The molecule has 1 aromatic heterocycles. The second-order valence-electron chi connectivity index (χ2n) is 4.72. The van der Waals surface area contributed by atoms with Crippen molar-refractivity contribution in [2.24, 2.45) is 0 Å². The van der Waals surface area contributed by atoms with E-state index in [9.17, 15) is 4.79 Å². The molecule has 22 heavy (non-hydrogen) atoms. The van der Waals surface area contributed by atoms with Crippen molar-refractivity contribution in [3.63, 3.8) is 0 Å². The monoisotopic (exact) mass is 320 g/mol. The Morgan fingerprint density at radius 2 is 2.00 bits per heavy atom. The van der Waals surface area contributed by atoms with Crippen molar-refractivity contribution in [3.8, 4) is 0 Å². The van der Waals surface area contributed by atoms with Gasteiger partial charge in [-0.3, -0.25) is 0 Å². The summed E-state index contributed by atoms with van der Waals surface area (Å²) in [5.74, 6) is -0.391. The average molecular weight is 320 g/mol. The van der Waals surface area contributed by atoms with Crippen molar-refractivity contribution in [3.05, 3.63) is 45.9 Å². The fourth-order valence-corrected chi connectivity index (χ4v) is 2.65. The number of benzene rings is 1. The predicted molar refractivity (Wildman–Crippen MR) is 84.9 cm³/mol. The van der Waals surface area contributed by atoms with Gasteiger partial charge in [-0.25, -0.2) is 4.79 Å². The highest BCUT2D eigenvalue weighted by Gasteiger charge is 2.13. The molecule has 0 saturated heterocycles. The van der Waals surface area contributed by atoms with E-state index >= 15 is 0 Å². The number of ether oxygens (including phenoxy) is 2. The third kappa shape index (κ3) is 5.54. The lowest BCUT2D eigenvalue weighted by atomic mass is 10.2. The fraction of sp³-hybridized carbons (Fsp3) is 0.438. The van der Waals surface area contributed by atoms with Crippen molar-refractivity contribution < 1.29 is 14.3 Å². The van der Waals surface area contributed by atoms with E-state index < -0.39 is 5.97 Å². The largest absolute Gasteiger partial charge is 0.461 e. The van der Waals surface area contributed by atoms with Crippen LogP contribution in [-0.4, -0.2) is 29.4 Å². The molecule has 0 saturated carbocycles. The molecule has 6 heteroatoms. The number of carbonyl (C=O) groups excluding carboxylic acids is 1. The Labute approximate surface area is 134 Å². The Bertz CT molecular complexity index is 572. The maximum atomic E-state index is 11.5. The molecule has 118 valence electrons. The van der Waals surface area contributed by atoms with Gasteiger partial charge >= 0.3 is 5.97 Å². The number of nitrogens with zero attached hydrogens (tertiary/aromatic N) is 2. The molecular weight excluding hydrogens is 300 g/mol. The number of hydrogen-bond donors (Lipinski definition) is 0. The van der Waals surface area contributed by atoms with Gasteiger partial charge in [0.05, 0.1) is 13.2 Å². The van der Waals surface area contributed by atoms with Crippen molar-refractivity contribution in [2.75, 3.05) is 13.2 Å². The van der Waals surface area contributed by atoms with Crippen LogP contribution in [0.15, 0.2) is 30.3 Å². The van der Waals surface area contributed by atoms with Gasteiger partial charge in [0.1, 0.15) is 5.01 Å². The zero-order valence-corrected chi connectivity index (χ0v) is 13.5. The molecule has 0 radical (unpaired) electrons. The molecule has 0 aliphatic carbocycles. The second kappa shape index (κ2) is 9.27. The zero-order valence-electron chi connectivity index (χ0n) is 12.7. The van der Waals surface area contributed by atoms with E-state index in [1.54, 1.807) is 6.92 Å². The van der Waals surface area contributed by atoms with Gasteiger partial charge < -0.3 is 9.47 Å². The molecule has 0 fully saturated rings. The first-order chi connectivity index (χ1) is 10.8. The highest BCUT2D eigenvalue weighted by molar-refractivity contribution is 7.13. The quantitative estimate of drug-likeness (QED) is 0.524. The fourth-order valence-electron chi connectivity index (χ4n) is 1.87. The molecule has 2 aromatic rings. The summed E-state index contributed by atoms with van der Waals surface area (Å²) in [4.78, 5) is 11.5. The predicted octanol–water partition coefficient (Wildman–Crippen LogP) is 3.25. The van der Waals surface area contributed by atoms with E-state index in [2.05, 4.69) is 22.3 Å². The molecule has 0 unspecified atom stereocenters. The van der Waals surface area contributed by atoms with Crippen LogP contribution < -0.4 is 0 Å². The van der Waals surface area contributed by atoms with Gasteiger partial charge in [0.25, 0.3) is 0 Å². The number of aryl methyl sites for hydroxylation is 1.